The van der Waals surface area contributed by atoms with Gasteiger partial charge in [-0.3, -0.25) is 0 Å². The Bertz CT molecular complexity index is 2580. The molecule has 0 saturated carbocycles. The van der Waals surface area contributed by atoms with Gasteiger partial charge in [0.15, 0.2) is 0 Å². The molecule has 0 fully saturated rings. The fourth-order valence-electron chi connectivity index (χ4n) is 7.95. The van der Waals surface area contributed by atoms with Gasteiger partial charge in [-0.05, 0) is 111 Å². The van der Waals surface area contributed by atoms with Crippen molar-refractivity contribution in [2.24, 2.45) is 0 Å². The number of nitrogens with zero attached hydrogens (tertiary/aromatic N) is 2. The molecule has 0 amide bonds. The van der Waals surface area contributed by atoms with Crippen LogP contribution in [-0.2, 0) is 0 Å². The van der Waals surface area contributed by atoms with Gasteiger partial charge in [0, 0.05) is 33.5 Å². The smallest absolute Gasteiger partial charge is 0.0558 e. The van der Waals surface area contributed by atoms with Crippen LogP contribution >= 0.6 is 0 Å². The molecule has 0 bridgehead atoms. The van der Waals surface area contributed by atoms with Crippen molar-refractivity contribution in [3.8, 4) is 22.3 Å². The zero-order chi connectivity index (χ0) is 30.2. The molecule has 0 radical (unpaired) electrons. The molecule has 2 nitrogen and oxygen atoms in total. The highest BCUT2D eigenvalue weighted by Gasteiger charge is 2.26. The molecule has 0 atom stereocenters. The molecule has 0 aliphatic heterocycles. The predicted octanol–water partition coefficient (Wildman–Crippen LogP) is 12.4. The minimum atomic E-state index is 1.03. The monoisotopic (exact) mass is 586 g/mol. The summed E-state index contributed by atoms with van der Waals surface area (Å²) in [4.78, 5) is 2.42. The first-order valence-electron chi connectivity index (χ1n) is 16.2. The molecule has 10 rings (SSSR count). The lowest BCUT2D eigenvalue weighted by molar-refractivity contribution is 0.979. The molecular formula is C44H30N2. The quantitative estimate of drug-likeness (QED) is 0.186. The molecule has 216 valence electrons. The number of rotatable bonds is 4. The summed E-state index contributed by atoms with van der Waals surface area (Å²) < 4.78 is 2.48. The Labute approximate surface area is 267 Å². The Hall–Kier alpha value is -5.86. The lowest BCUT2D eigenvalue weighted by atomic mass is 9.95. The number of hydrogen-bond donors (Lipinski definition) is 0. The van der Waals surface area contributed by atoms with Crippen LogP contribution in [0.5, 0.6) is 0 Å². The third-order valence-corrected chi connectivity index (χ3v) is 9.92. The summed E-state index contributed by atoms with van der Waals surface area (Å²) in [5, 5.41) is 7.83. The summed E-state index contributed by atoms with van der Waals surface area (Å²) >= 11 is 0. The van der Waals surface area contributed by atoms with Gasteiger partial charge in [0.05, 0.1) is 11.0 Å². The molecule has 1 aromatic heterocycles. The Kier molecular flexibility index (Phi) is 5.44. The Morgan fingerprint density at radius 3 is 2.15 bits per heavy atom. The van der Waals surface area contributed by atoms with Gasteiger partial charge in [-0.1, -0.05) is 103 Å². The second kappa shape index (κ2) is 9.82. The molecule has 7 aromatic carbocycles. The van der Waals surface area contributed by atoms with E-state index in [0.29, 0.717) is 0 Å². The van der Waals surface area contributed by atoms with Crippen LogP contribution < -0.4 is 4.90 Å². The van der Waals surface area contributed by atoms with Crippen LogP contribution in [0, 0.1) is 0 Å². The molecule has 0 N–H and O–H groups in total. The highest BCUT2D eigenvalue weighted by Crippen LogP contribution is 2.52. The fraction of sp³-hybridized carbons (Fsp3) is 0.0455. The highest BCUT2D eigenvalue weighted by atomic mass is 15.1. The third kappa shape index (κ3) is 3.64. The molecule has 1 heterocycles. The van der Waals surface area contributed by atoms with Gasteiger partial charge in [0.1, 0.15) is 0 Å². The van der Waals surface area contributed by atoms with E-state index >= 15 is 0 Å². The number of fused-ring (bicyclic) bond motifs is 8. The van der Waals surface area contributed by atoms with Crippen molar-refractivity contribution in [3.05, 3.63) is 158 Å². The van der Waals surface area contributed by atoms with Crippen LogP contribution in [0.15, 0.2) is 158 Å². The van der Waals surface area contributed by atoms with Crippen molar-refractivity contribution >= 4 is 66.1 Å². The van der Waals surface area contributed by atoms with Gasteiger partial charge in [0.25, 0.3) is 0 Å². The van der Waals surface area contributed by atoms with E-state index in [-0.39, 0.29) is 0 Å². The van der Waals surface area contributed by atoms with E-state index in [9.17, 15) is 0 Å². The Balaban J connectivity index is 1.23. The van der Waals surface area contributed by atoms with E-state index in [2.05, 4.69) is 167 Å². The first-order chi connectivity index (χ1) is 22.8. The second-order valence-electron chi connectivity index (χ2n) is 12.5. The average molecular weight is 587 g/mol. The summed E-state index contributed by atoms with van der Waals surface area (Å²) in [5.41, 5.74) is 12.6. The molecule has 0 spiro atoms. The van der Waals surface area contributed by atoms with Crippen LogP contribution in [0.2, 0.25) is 0 Å². The molecule has 0 unspecified atom stereocenters. The standard InChI is InChI=1S/C44H30N2/c1-3-14-31(15-4-1)45(34-23-25-38-37-19-9-10-21-41(37)46(42(38)28-34)32-16-5-2-6-17-32)33-22-24-36-39-20-11-13-30-26-29-12-7-8-18-35(29)44(43(30)39)40(36)27-33/h1-5,7-16,18-28H,6,17H2. The van der Waals surface area contributed by atoms with Crippen molar-refractivity contribution in [1.82, 2.24) is 4.57 Å². The molecule has 8 aromatic rings. The van der Waals surface area contributed by atoms with E-state index in [1.54, 1.807) is 0 Å². The topological polar surface area (TPSA) is 8.17 Å². The summed E-state index contributed by atoms with van der Waals surface area (Å²) in [6.07, 6.45) is 8.83. The second-order valence-corrected chi connectivity index (χ2v) is 12.5. The SMILES string of the molecule is C1=CCCC(n2c3ccccc3c3ccc(N(c4ccccc4)c4ccc5c(c4)-c4c6ccccc6cc6cccc-5c46)cc32)=C1. The number of anilines is 3. The molecule has 2 aliphatic rings. The maximum absolute atomic E-state index is 2.48. The highest BCUT2D eigenvalue weighted by molar-refractivity contribution is 6.24. The van der Waals surface area contributed by atoms with E-state index in [0.717, 1.165) is 29.9 Å². The molecule has 2 aliphatic carbocycles. The Morgan fingerprint density at radius 2 is 1.26 bits per heavy atom. The van der Waals surface area contributed by atoms with Crippen molar-refractivity contribution in [1.29, 1.82) is 0 Å². The van der Waals surface area contributed by atoms with E-state index in [1.807, 2.05) is 0 Å². The lowest BCUT2D eigenvalue weighted by Crippen LogP contribution is -2.10. The van der Waals surface area contributed by atoms with Crippen LogP contribution in [0.4, 0.5) is 17.1 Å². The van der Waals surface area contributed by atoms with Crippen molar-refractivity contribution in [2.75, 3.05) is 4.90 Å². The van der Waals surface area contributed by atoms with Gasteiger partial charge in [0.2, 0.25) is 0 Å². The van der Waals surface area contributed by atoms with E-state index in [4.69, 9.17) is 0 Å². The third-order valence-electron chi connectivity index (χ3n) is 9.92. The van der Waals surface area contributed by atoms with Crippen LogP contribution in [-0.4, -0.2) is 4.57 Å². The maximum Gasteiger partial charge on any atom is 0.0558 e. The van der Waals surface area contributed by atoms with Gasteiger partial charge in [-0.15, -0.1) is 0 Å². The van der Waals surface area contributed by atoms with Crippen molar-refractivity contribution in [2.45, 2.75) is 12.8 Å². The lowest BCUT2D eigenvalue weighted by Gasteiger charge is -2.26. The van der Waals surface area contributed by atoms with Crippen LogP contribution in [0.3, 0.4) is 0 Å². The minimum absolute atomic E-state index is 1.03. The maximum atomic E-state index is 2.48. The van der Waals surface area contributed by atoms with Gasteiger partial charge in [-0.25, -0.2) is 0 Å². The summed E-state index contributed by atoms with van der Waals surface area (Å²) in [5.74, 6) is 0. The first-order valence-corrected chi connectivity index (χ1v) is 16.2. The van der Waals surface area contributed by atoms with Crippen molar-refractivity contribution in [3.63, 3.8) is 0 Å². The van der Waals surface area contributed by atoms with E-state index < -0.39 is 0 Å². The number of para-hydroxylation sites is 2. The fourth-order valence-corrected chi connectivity index (χ4v) is 7.95. The minimum Gasteiger partial charge on any atom is -0.313 e. The van der Waals surface area contributed by atoms with Gasteiger partial charge in [-0.2, -0.15) is 0 Å². The molecular weight excluding hydrogens is 556 g/mol. The summed E-state index contributed by atoms with van der Waals surface area (Å²) in [7, 11) is 0. The number of hydrogen-bond acceptors (Lipinski definition) is 1. The predicted molar refractivity (Wildman–Crippen MR) is 196 cm³/mol. The normalized spacial score (nSPS) is 13.5. The zero-order valence-corrected chi connectivity index (χ0v) is 25.3. The van der Waals surface area contributed by atoms with E-state index in [1.165, 1.54) is 71.3 Å². The molecule has 2 heteroatoms. The van der Waals surface area contributed by atoms with Crippen LogP contribution in [0.25, 0.3) is 71.3 Å². The average Bonchev–Trinajstić information content (AvgIpc) is 3.63. The van der Waals surface area contributed by atoms with Gasteiger partial charge >= 0.3 is 0 Å². The summed E-state index contributed by atoms with van der Waals surface area (Å²) in [6, 6.07) is 51.5. The van der Waals surface area contributed by atoms with Crippen LogP contribution in [0.1, 0.15) is 12.8 Å². The molecule has 46 heavy (non-hydrogen) atoms. The number of aromatic nitrogens is 1. The largest absolute Gasteiger partial charge is 0.313 e. The Morgan fingerprint density at radius 1 is 0.500 bits per heavy atom. The zero-order valence-electron chi connectivity index (χ0n) is 25.3. The number of allylic oxidation sites excluding steroid dienone is 4. The van der Waals surface area contributed by atoms with Crippen molar-refractivity contribution < 1.29 is 0 Å². The first kappa shape index (κ1) is 25.5. The molecule has 0 saturated heterocycles. The summed E-state index contributed by atoms with van der Waals surface area (Å²) in [6.45, 7) is 0. The van der Waals surface area contributed by atoms with Gasteiger partial charge < -0.3 is 9.47 Å². The number of benzene rings is 7.